The fourth-order valence-electron chi connectivity index (χ4n) is 1.86. The van der Waals surface area contributed by atoms with E-state index in [1.807, 2.05) is 42.5 Å². The lowest BCUT2D eigenvalue weighted by Crippen LogP contribution is -2.31. The topological polar surface area (TPSA) is 59.2 Å². The van der Waals surface area contributed by atoms with Gasteiger partial charge in [0.05, 0.1) is 6.54 Å². The van der Waals surface area contributed by atoms with Crippen molar-refractivity contribution in [3.8, 4) is 0 Å². The largest absolute Gasteiger partial charge is 0.330 e. The molecule has 0 saturated heterocycles. The van der Waals surface area contributed by atoms with Gasteiger partial charge in [-0.25, -0.2) is 0 Å². The summed E-state index contributed by atoms with van der Waals surface area (Å²) in [7, 11) is 0. The van der Waals surface area contributed by atoms with Gasteiger partial charge in [-0.3, -0.25) is 9.78 Å². The smallest absolute Gasteiger partial charge is 0.228 e. The Morgan fingerprint density at radius 1 is 1.16 bits per heavy atom. The van der Waals surface area contributed by atoms with E-state index < -0.39 is 0 Å². The number of nitrogens with two attached hydrogens (primary N) is 1. The maximum absolute atomic E-state index is 12.2. The van der Waals surface area contributed by atoms with Crippen molar-refractivity contribution >= 4 is 11.6 Å². The third kappa shape index (κ3) is 3.63. The van der Waals surface area contributed by atoms with E-state index in [0.29, 0.717) is 19.5 Å². The zero-order valence-corrected chi connectivity index (χ0v) is 10.7. The molecule has 1 heterocycles. The summed E-state index contributed by atoms with van der Waals surface area (Å²) >= 11 is 0. The minimum Gasteiger partial charge on any atom is -0.330 e. The van der Waals surface area contributed by atoms with Gasteiger partial charge in [0.15, 0.2) is 0 Å². The third-order valence-corrected chi connectivity index (χ3v) is 2.79. The number of benzene rings is 1. The Hall–Kier alpha value is -2.20. The molecule has 0 unspecified atom stereocenters. The maximum Gasteiger partial charge on any atom is 0.228 e. The van der Waals surface area contributed by atoms with E-state index in [4.69, 9.17) is 5.73 Å². The standard InChI is InChI=1S/C15H17N3O/c16-9-8-15(19)18(14-6-2-1-3-7-14)12-13-5-4-10-17-11-13/h1-7,10-11H,8-9,12,16H2. The van der Waals surface area contributed by atoms with E-state index in [0.717, 1.165) is 11.3 Å². The molecule has 0 aliphatic heterocycles. The van der Waals surface area contributed by atoms with Gasteiger partial charge in [-0.1, -0.05) is 24.3 Å². The second kappa shape index (κ2) is 6.66. The van der Waals surface area contributed by atoms with E-state index in [9.17, 15) is 4.79 Å². The molecule has 2 aromatic rings. The molecule has 19 heavy (non-hydrogen) atoms. The molecule has 0 spiro atoms. The Balaban J connectivity index is 2.22. The number of rotatable bonds is 5. The molecule has 2 N–H and O–H groups in total. The van der Waals surface area contributed by atoms with E-state index >= 15 is 0 Å². The number of nitrogens with zero attached hydrogens (tertiary/aromatic N) is 2. The average molecular weight is 255 g/mol. The van der Waals surface area contributed by atoms with Crippen LogP contribution in [0.2, 0.25) is 0 Å². The number of aromatic nitrogens is 1. The first-order valence-electron chi connectivity index (χ1n) is 6.25. The lowest BCUT2D eigenvalue weighted by atomic mass is 10.2. The summed E-state index contributed by atoms with van der Waals surface area (Å²) in [5.74, 6) is 0.0255. The van der Waals surface area contributed by atoms with Crippen LogP contribution < -0.4 is 10.6 Å². The summed E-state index contributed by atoms with van der Waals surface area (Å²) in [4.78, 5) is 18.0. The van der Waals surface area contributed by atoms with E-state index in [1.165, 1.54) is 0 Å². The van der Waals surface area contributed by atoms with Crippen molar-refractivity contribution in [2.75, 3.05) is 11.4 Å². The predicted molar refractivity (Wildman–Crippen MR) is 75.5 cm³/mol. The number of carbonyl (C=O) groups excluding carboxylic acids is 1. The minimum atomic E-state index is 0.0255. The van der Waals surface area contributed by atoms with Gasteiger partial charge in [0.25, 0.3) is 0 Å². The molecule has 0 atom stereocenters. The SMILES string of the molecule is NCCC(=O)N(Cc1cccnc1)c1ccccc1. The fraction of sp³-hybridized carbons (Fsp3) is 0.200. The summed E-state index contributed by atoms with van der Waals surface area (Å²) in [5.41, 5.74) is 7.36. The number of pyridine rings is 1. The van der Waals surface area contributed by atoms with Gasteiger partial charge in [0.1, 0.15) is 0 Å². The lowest BCUT2D eigenvalue weighted by molar-refractivity contribution is -0.118. The molecule has 1 aromatic heterocycles. The van der Waals surface area contributed by atoms with Gasteiger partial charge in [-0.2, -0.15) is 0 Å². The van der Waals surface area contributed by atoms with Crippen LogP contribution >= 0.6 is 0 Å². The summed E-state index contributed by atoms with van der Waals surface area (Å²) in [5, 5.41) is 0. The molecule has 1 aromatic carbocycles. The maximum atomic E-state index is 12.2. The highest BCUT2D eigenvalue weighted by atomic mass is 16.2. The van der Waals surface area contributed by atoms with E-state index in [1.54, 1.807) is 17.3 Å². The lowest BCUT2D eigenvalue weighted by Gasteiger charge is -2.22. The molecule has 0 fully saturated rings. The molecular formula is C15H17N3O. The van der Waals surface area contributed by atoms with Crippen molar-refractivity contribution in [3.63, 3.8) is 0 Å². The molecular weight excluding hydrogens is 238 g/mol. The highest BCUT2D eigenvalue weighted by Crippen LogP contribution is 2.17. The second-order valence-electron chi connectivity index (χ2n) is 4.22. The predicted octanol–water partition coefficient (Wildman–Crippen LogP) is 1.96. The first-order valence-corrected chi connectivity index (χ1v) is 6.25. The third-order valence-electron chi connectivity index (χ3n) is 2.79. The van der Waals surface area contributed by atoms with Crippen LogP contribution in [0.4, 0.5) is 5.69 Å². The quantitative estimate of drug-likeness (QED) is 0.888. The van der Waals surface area contributed by atoms with E-state index in [-0.39, 0.29) is 5.91 Å². The van der Waals surface area contributed by atoms with Crippen LogP contribution in [0.3, 0.4) is 0 Å². The number of hydrogen-bond acceptors (Lipinski definition) is 3. The summed E-state index contributed by atoms with van der Waals surface area (Å²) < 4.78 is 0. The molecule has 98 valence electrons. The molecule has 0 aliphatic rings. The van der Waals surface area contributed by atoms with Gasteiger partial charge in [0.2, 0.25) is 5.91 Å². The molecule has 2 rings (SSSR count). The van der Waals surface area contributed by atoms with E-state index in [2.05, 4.69) is 4.98 Å². The van der Waals surface area contributed by atoms with Crippen molar-refractivity contribution in [2.45, 2.75) is 13.0 Å². The summed E-state index contributed by atoms with van der Waals surface area (Å²) in [6, 6.07) is 13.4. The van der Waals surface area contributed by atoms with Crippen molar-refractivity contribution in [3.05, 3.63) is 60.4 Å². The Kier molecular flexibility index (Phi) is 4.64. The monoisotopic (exact) mass is 255 g/mol. The number of amides is 1. The summed E-state index contributed by atoms with van der Waals surface area (Å²) in [6.07, 6.45) is 3.83. The molecule has 4 nitrogen and oxygen atoms in total. The number of para-hydroxylation sites is 1. The zero-order valence-electron chi connectivity index (χ0n) is 10.7. The van der Waals surface area contributed by atoms with Crippen molar-refractivity contribution in [1.82, 2.24) is 4.98 Å². The molecule has 1 amide bonds. The Labute approximate surface area is 112 Å². The van der Waals surface area contributed by atoms with Crippen LogP contribution in [0.5, 0.6) is 0 Å². The summed E-state index contributed by atoms with van der Waals surface area (Å²) in [6.45, 7) is 0.867. The second-order valence-corrected chi connectivity index (χ2v) is 4.22. The van der Waals surface area contributed by atoms with Crippen LogP contribution in [0.25, 0.3) is 0 Å². The molecule has 0 radical (unpaired) electrons. The van der Waals surface area contributed by atoms with Gasteiger partial charge in [-0.05, 0) is 23.8 Å². The first kappa shape index (κ1) is 13.2. The number of carbonyl (C=O) groups is 1. The Bertz CT molecular complexity index is 513. The van der Waals surface area contributed by atoms with Crippen LogP contribution in [-0.2, 0) is 11.3 Å². The zero-order chi connectivity index (χ0) is 13.5. The highest BCUT2D eigenvalue weighted by molar-refractivity contribution is 5.93. The van der Waals surface area contributed by atoms with Gasteiger partial charge < -0.3 is 10.6 Å². The fourth-order valence-corrected chi connectivity index (χ4v) is 1.86. The molecule has 0 aliphatic carbocycles. The average Bonchev–Trinajstić information content (AvgIpc) is 2.47. The van der Waals surface area contributed by atoms with Gasteiger partial charge >= 0.3 is 0 Å². The minimum absolute atomic E-state index is 0.0255. The van der Waals surface area contributed by atoms with Crippen molar-refractivity contribution < 1.29 is 4.79 Å². The first-order chi connectivity index (χ1) is 9.31. The number of hydrogen-bond donors (Lipinski definition) is 1. The van der Waals surface area contributed by atoms with Crippen LogP contribution in [0.15, 0.2) is 54.9 Å². The van der Waals surface area contributed by atoms with Gasteiger partial charge in [-0.15, -0.1) is 0 Å². The molecule has 0 saturated carbocycles. The van der Waals surface area contributed by atoms with Crippen molar-refractivity contribution in [1.29, 1.82) is 0 Å². The Morgan fingerprint density at radius 3 is 2.58 bits per heavy atom. The van der Waals surface area contributed by atoms with Gasteiger partial charge in [0, 0.05) is 31.0 Å². The Morgan fingerprint density at radius 2 is 1.95 bits per heavy atom. The normalized spacial score (nSPS) is 10.2. The molecule has 4 heteroatoms. The van der Waals surface area contributed by atoms with Crippen LogP contribution in [-0.4, -0.2) is 17.4 Å². The highest BCUT2D eigenvalue weighted by Gasteiger charge is 2.15. The van der Waals surface area contributed by atoms with Crippen LogP contribution in [0.1, 0.15) is 12.0 Å². The number of anilines is 1. The molecule has 0 bridgehead atoms. The van der Waals surface area contributed by atoms with Crippen molar-refractivity contribution in [2.24, 2.45) is 5.73 Å². The van der Waals surface area contributed by atoms with Crippen LogP contribution in [0, 0.1) is 0 Å².